The minimum atomic E-state index is -0.515. The second kappa shape index (κ2) is 5.20. The summed E-state index contributed by atoms with van der Waals surface area (Å²) in [5.41, 5.74) is 1.29. The highest BCUT2D eigenvalue weighted by atomic mass is 35.5. The van der Waals surface area contributed by atoms with E-state index in [0.29, 0.717) is 10.7 Å². The largest absolute Gasteiger partial charge is 0.504 e. The van der Waals surface area contributed by atoms with Gasteiger partial charge in [-0.25, -0.2) is 0 Å². The number of carbonyl (C=O) groups excluding carboxylic acids is 1. The molecule has 0 aromatic heterocycles. The van der Waals surface area contributed by atoms with E-state index in [4.69, 9.17) is 11.6 Å². The summed E-state index contributed by atoms with van der Waals surface area (Å²) >= 11 is 5.96. The number of hydrogen-bond acceptors (Lipinski definition) is 3. The van der Waals surface area contributed by atoms with Crippen LogP contribution < -0.4 is 5.32 Å². The fourth-order valence-corrected chi connectivity index (χ4v) is 1.82. The lowest BCUT2D eigenvalue weighted by atomic mass is 10.1. The van der Waals surface area contributed by atoms with Crippen LogP contribution in [0.5, 0.6) is 11.5 Å². The third-order valence-corrected chi connectivity index (χ3v) is 3.18. The van der Waals surface area contributed by atoms with Crippen molar-refractivity contribution in [2.24, 2.45) is 0 Å². The molecule has 2 rings (SSSR count). The summed E-state index contributed by atoms with van der Waals surface area (Å²) in [6.07, 6.45) is 0. The lowest BCUT2D eigenvalue weighted by Gasteiger charge is -2.10. The summed E-state index contributed by atoms with van der Waals surface area (Å²) in [5, 5.41) is 22.2. The van der Waals surface area contributed by atoms with E-state index in [-0.39, 0.29) is 11.3 Å². The van der Waals surface area contributed by atoms with Gasteiger partial charge in [0.25, 0.3) is 5.91 Å². The SMILES string of the molecule is Cc1c(Cl)cccc1NC(=O)c1cccc(O)c1O. The van der Waals surface area contributed by atoms with Gasteiger partial charge in [0.2, 0.25) is 0 Å². The van der Waals surface area contributed by atoms with Gasteiger partial charge in [-0.05, 0) is 36.8 Å². The van der Waals surface area contributed by atoms with Crippen LogP contribution in [0.25, 0.3) is 0 Å². The van der Waals surface area contributed by atoms with E-state index in [1.54, 1.807) is 25.1 Å². The molecule has 19 heavy (non-hydrogen) atoms. The maximum absolute atomic E-state index is 12.0. The van der Waals surface area contributed by atoms with Crippen LogP contribution in [0.15, 0.2) is 36.4 Å². The van der Waals surface area contributed by atoms with Crippen LogP contribution in [0.1, 0.15) is 15.9 Å². The number of rotatable bonds is 2. The van der Waals surface area contributed by atoms with Crippen LogP contribution in [0.2, 0.25) is 5.02 Å². The number of halogens is 1. The molecule has 0 saturated carbocycles. The second-order valence-electron chi connectivity index (χ2n) is 4.04. The van der Waals surface area contributed by atoms with Gasteiger partial charge in [-0.15, -0.1) is 0 Å². The fraction of sp³-hybridized carbons (Fsp3) is 0.0714. The molecule has 4 nitrogen and oxygen atoms in total. The Balaban J connectivity index is 2.31. The Labute approximate surface area is 115 Å². The number of para-hydroxylation sites is 1. The van der Waals surface area contributed by atoms with Crippen LogP contribution >= 0.6 is 11.6 Å². The van der Waals surface area contributed by atoms with Gasteiger partial charge < -0.3 is 15.5 Å². The number of nitrogens with one attached hydrogen (secondary N) is 1. The van der Waals surface area contributed by atoms with E-state index in [9.17, 15) is 15.0 Å². The first-order chi connectivity index (χ1) is 9.00. The van der Waals surface area contributed by atoms with Crippen LogP contribution in [-0.2, 0) is 0 Å². The van der Waals surface area contributed by atoms with Gasteiger partial charge in [-0.1, -0.05) is 23.7 Å². The Hall–Kier alpha value is -2.20. The molecule has 0 aliphatic carbocycles. The molecule has 0 radical (unpaired) electrons. The Morgan fingerprint density at radius 2 is 1.84 bits per heavy atom. The Morgan fingerprint density at radius 3 is 2.58 bits per heavy atom. The molecule has 0 bridgehead atoms. The van der Waals surface area contributed by atoms with Gasteiger partial charge in [0, 0.05) is 10.7 Å². The predicted molar refractivity (Wildman–Crippen MR) is 73.9 cm³/mol. The maximum Gasteiger partial charge on any atom is 0.259 e. The summed E-state index contributed by atoms with van der Waals surface area (Å²) in [7, 11) is 0. The van der Waals surface area contributed by atoms with Gasteiger partial charge >= 0.3 is 0 Å². The summed E-state index contributed by atoms with van der Waals surface area (Å²) in [6.45, 7) is 1.78. The van der Waals surface area contributed by atoms with Gasteiger partial charge in [0.1, 0.15) is 0 Å². The molecule has 3 N–H and O–H groups in total. The van der Waals surface area contributed by atoms with E-state index in [0.717, 1.165) is 5.56 Å². The van der Waals surface area contributed by atoms with Crippen molar-refractivity contribution in [3.63, 3.8) is 0 Å². The van der Waals surface area contributed by atoms with Crippen molar-refractivity contribution >= 4 is 23.2 Å². The summed E-state index contributed by atoms with van der Waals surface area (Å²) in [4.78, 5) is 12.0. The lowest BCUT2D eigenvalue weighted by Crippen LogP contribution is -2.13. The highest BCUT2D eigenvalue weighted by Crippen LogP contribution is 2.29. The number of aromatic hydroxyl groups is 2. The van der Waals surface area contributed by atoms with Crippen LogP contribution in [-0.4, -0.2) is 16.1 Å². The first-order valence-corrected chi connectivity index (χ1v) is 5.96. The smallest absolute Gasteiger partial charge is 0.259 e. The molecule has 0 heterocycles. The van der Waals surface area contributed by atoms with Crippen molar-refractivity contribution in [1.82, 2.24) is 0 Å². The molecule has 0 fully saturated rings. The van der Waals surface area contributed by atoms with E-state index in [1.165, 1.54) is 18.2 Å². The van der Waals surface area contributed by atoms with Crippen LogP contribution in [0, 0.1) is 6.92 Å². The molecule has 2 aromatic rings. The normalized spacial score (nSPS) is 10.2. The Bertz CT molecular complexity index is 641. The number of phenolic OH excluding ortho intramolecular Hbond substituents is 2. The zero-order chi connectivity index (χ0) is 14.0. The molecule has 1 amide bonds. The van der Waals surface area contributed by atoms with Crippen molar-refractivity contribution in [3.05, 3.63) is 52.5 Å². The van der Waals surface area contributed by atoms with E-state index in [2.05, 4.69) is 5.32 Å². The zero-order valence-electron chi connectivity index (χ0n) is 10.1. The van der Waals surface area contributed by atoms with E-state index >= 15 is 0 Å². The highest BCUT2D eigenvalue weighted by Gasteiger charge is 2.15. The molecular weight excluding hydrogens is 266 g/mol. The number of benzene rings is 2. The third-order valence-electron chi connectivity index (χ3n) is 2.78. The first-order valence-electron chi connectivity index (χ1n) is 5.58. The molecule has 98 valence electrons. The predicted octanol–water partition coefficient (Wildman–Crippen LogP) is 3.31. The number of phenols is 2. The van der Waals surface area contributed by atoms with Gasteiger partial charge in [0.15, 0.2) is 11.5 Å². The minimum Gasteiger partial charge on any atom is -0.504 e. The maximum atomic E-state index is 12.0. The van der Waals surface area contributed by atoms with Gasteiger partial charge in [0.05, 0.1) is 5.56 Å². The summed E-state index contributed by atoms with van der Waals surface area (Å²) in [6, 6.07) is 9.35. The second-order valence-corrected chi connectivity index (χ2v) is 4.45. The monoisotopic (exact) mass is 277 g/mol. The molecule has 0 aliphatic rings. The average Bonchev–Trinajstić information content (AvgIpc) is 2.38. The van der Waals surface area contributed by atoms with E-state index < -0.39 is 11.7 Å². The molecule has 0 saturated heterocycles. The van der Waals surface area contributed by atoms with Crippen molar-refractivity contribution in [3.8, 4) is 11.5 Å². The highest BCUT2D eigenvalue weighted by molar-refractivity contribution is 6.31. The Kier molecular flexibility index (Phi) is 3.62. The standard InChI is InChI=1S/C14H12ClNO3/c1-8-10(15)5-3-6-11(8)16-14(19)9-4-2-7-12(17)13(9)18/h2-7,17-18H,1H3,(H,16,19). The van der Waals surface area contributed by atoms with Crippen molar-refractivity contribution in [2.45, 2.75) is 6.92 Å². The zero-order valence-corrected chi connectivity index (χ0v) is 10.9. The van der Waals surface area contributed by atoms with Crippen molar-refractivity contribution in [2.75, 3.05) is 5.32 Å². The molecule has 5 heteroatoms. The topological polar surface area (TPSA) is 69.6 Å². The Morgan fingerprint density at radius 1 is 1.16 bits per heavy atom. The van der Waals surface area contributed by atoms with E-state index in [1.807, 2.05) is 0 Å². The van der Waals surface area contributed by atoms with Gasteiger partial charge in [-0.3, -0.25) is 4.79 Å². The summed E-state index contributed by atoms with van der Waals surface area (Å²) < 4.78 is 0. The number of hydrogen-bond donors (Lipinski definition) is 3. The minimum absolute atomic E-state index is 0.000578. The summed E-state index contributed by atoms with van der Waals surface area (Å²) in [5.74, 6) is -1.30. The third kappa shape index (κ3) is 2.63. The first kappa shape index (κ1) is 13.2. The molecule has 0 atom stereocenters. The molecular formula is C14H12ClNO3. The fourth-order valence-electron chi connectivity index (χ4n) is 1.65. The molecule has 0 aliphatic heterocycles. The van der Waals surface area contributed by atoms with Crippen molar-refractivity contribution in [1.29, 1.82) is 0 Å². The molecule has 2 aromatic carbocycles. The lowest BCUT2D eigenvalue weighted by molar-refractivity contribution is 0.102. The van der Waals surface area contributed by atoms with Crippen molar-refractivity contribution < 1.29 is 15.0 Å². The van der Waals surface area contributed by atoms with Crippen LogP contribution in [0.4, 0.5) is 5.69 Å². The quantitative estimate of drug-likeness (QED) is 0.738. The van der Waals surface area contributed by atoms with Gasteiger partial charge in [-0.2, -0.15) is 0 Å². The molecule has 0 spiro atoms. The average molecular weight is 278 g/mol. The number of carbonyl (C=O) groups is 1. The molecule has 0 unspecified atom stereocenters. The number of anilines is 1. The van der Waals surface area contributed by atoms with Crippen LogP contribution in [0.3, 0.4) is 0 Å². The number of amides is 1.